The number of likely N-dealkylation sites (N-methyl/N-ethyl adjacent to an activating group) is 1. The molecule has 0 unspecified atom stereocenters. The van der Waals surface area contributed by atoms with E-state index < -0.39 is 12.7 Å². The van der Waals surface area contributed by atoms with E-state index in [1.165, 1.54) is 12.0 Å². The number of ether oxygens (including phenoxy) is 2. The number of halogens is 1. The summed E-state index contributed by atoms with van der Waals surface area (Å²) in [6.45, 7) is -0.299. The van der Waals surface area contributed by atoms with Crippen molar-refractivity contribution in [3.63, 3.8) is 0 Å². The average Bonchev–Trinajstić information content (AvgIpc) is 3.01. The van der Waals surface area contributed by atoms with E-state index in [0.717, 1.165) is 0 Å². The Morgan fingerprint density at radius 1 is 1.26 bits per heavy atom. The Bertz CT molecular complexity index is 841. The summed E-state index contributed by atoms with van der Waals surface area (Å²) >= 11 is 0. The number of benzene rings is 2. The molecule has 1 aliphatic heterocycles. The number of anilines is 1. The van der Waals surface area contributed by atoms with Gasteiger partial charge in [0.05, 0.1) is 12.8 Å². The van der Waals surface area contributed by atoms with Gasteiger partial charge in [-0.15, -0.1) is 0 Å². The molecule has 0 saturated carbocycles. The van der Waals surface area contributed by atoms with Crippen molar-refractivity contribution in [1.29, 1.82) is 0 Å². The molecule has 3 amide bonds. The Labute approximate surface area is 156 Å². The second-order valence-electron chi connectivity index (χ2n) is 6.04. The maximum Gasteiger partial charge on any atom is 0.317 e. The van der Waals surface area contributed by atoms with Gasteiger partial charge in [0.25, 0.3) is 0 Å². The van der Waals surface area contributed by atoms with Crippen LogP contribution < -0.4 is 20.1 Å². The van der Waals surface area contributed by atoms with E-state index in [1.54, 1.807) is 49.5 Å². The summed E-state index contributed by atoms with van der Waals surface area (Å²) < 4.78 is 23.6. The second-order valence-corrected chi connectivity index (χ2v) is 6.04. The minimum Gasteiger partial charge on any atom is -0.495 e. The minimum absolute atomic E-state index is 0.237. The van der Waals surface area contributed by atoms with E-state index >= 15 is 0 Å². The van der Waals surface area contributed by atoms with E-state index in [-0.39, 0.29) is 18.5 Å². The van der Waals surface area contributed by atoms with Gasteiger partial charge >= 0.3 is 6.03 Å². The molecule has 1 saturated heterocycles. The van der Waals surface area contributed by atoms with Crippen molar-refractivity contribution in [3.8, 4) is 17.2 Å². The number of urea groups is 1. The SMILES string of the molecule is COc1ccc(Oc2ccc(CF)cc2)cc1NC(=O)[C@@H]1CNC(=O)N1C. The smallest absolute Gasteiger partial charge is 0.317 e. The van der Waals surface area contributed by atoms with Gasteiger partial charge in [-0.1, -0.05) is 12.1 Å². The molecule has 7 nitrogen and oxygen atoms in total. The van der Waals surface area contributed by atoms with E-state index in [9.17, 15) is 14.0 Å². The standard InChI is InChI=1S/C19H20FN3O4/c1-23-16(11-21-19(23)25)18(24)22-15-9-14(7-8-17(15)26-2)27-13-5-3-12(10-20)4-6-13/h3-9,16H,10-11H2,1-2H3,(H,21,25)(H,22,24)/t16-/m0/s1. The number of nitrogens with one attached hydrogen (secondary N) is 2. The quantitative estimate of drug-likeness (QED) is 0.816. The Kier molecular flexibility index (Phi) is 5.44. The second kappa shape index (κ2) is 7.94. The van der Waals surface area contributed by atoms with Crippen LogP contribution in [-0.2, 0) is 11.5 Å². The van der Waals surface area contributed by atoms with E-state index in [0.29, 0.717) is 28.5 Å². The molecular weight excluding hydrogens is 353 g/mol. The van der Waals surface area contributed by atoms with Crippen LogP contribution in [0.1, 0.15) is 5.56 Å². The molecule has 0 aliphatic carbocycles. The van der Waals surface area contributed by atoms with Gasteiger partial charge in [0.1, 0.15) is 30.0 Å². The first kappa shape index (κ1) is 18.5. The van der Waals surface area contributed by atoms with Gasteiger partial charge in [-0.3, -0.25) is 4.79 Å². The molecule has 1 fully saturated rings. The summed E-state index contributed by atoms with van der Waals surface area (Å²) in [7, 11) is 3.05. The third-order valence-electron chi connectivity index (χ3n) is 4.28. The molecule has 0 spiro atoms. The number of hydrogen-bond donors (Lipinski definition) is 2. The van der Waals surface area contributed by atoms with Gasteiger partial charge in [0, 0.05) is 19.7 Å². The van der Waals surface area contributed by atoms with Crippen molar-refractivity contribution >= 4 is 17.6 Å². The van der Waals surface area contributed by atoms with Crippen LogP contribution in [0.15, 0.2) is 42.5 Å². The Morgan fingerprint density at radius 3 is 2.56 bits per heavy atom. The predicted molar refractivity (Wildman–Crippen MR) is 97.9 cm³/mol. The van der Waals surface area contributed by atoms with Crippen molar-refractivity contribution in [1.82, 2.24) is 10.2 Å². The molecule has 0 bridgehead atoms. The summed E-state index contributed by atoms with van der Waals surface area (Å²) in [5.74, 6) is 1.15. The lowest BCUT2D eigenvalue weighted by Gasteiger charge is -2.19. The number of methoxy groups -OCH3 is 1. The van der Waals surface area contributed by atoms with Gasteiger partial charge in [-0.2, -0.15) is 0 Å². The molecule has 0 aromatic heterocycles. The van der Waals surface area contributed by atoms with Crippen molar-refractivity contribution < 1.29 is 23.5 Å². The topological polar surface area (TPSA) is 79.9 Å². The van der Waals surface area contributed by atoms with Crippen LogP contribution in [0.4, 0.5) is 14.9 Å². The highest BCUT2D eigenvalue weighted by atomic mass is 19.1. The van der Waals surface area contributed by atoms with Crippen LogP contribution in [0.25, 0.3) is 0 Å². The van der Waals surface area contributed by atoms with E-state index in [1.807, 2.05) is 0 Å². The molecule has 8 heteroatoms. The van der Waals surface area contributed by atoms with Gasteiger partial charge in [0.15, 0.2) is 0 Å². The molecule has 3 rings (SSSR count). The van der Waals surface area contributed by atoms with E-state index in [4.69, 9.17) is 9.47 Å². The molecule has 27 heavy (non-hydrogen) atoms. The van der Waals surface area contributed by atoms with Crippen LogP contribution in [0.3, 0.4) is 0 Å². The van der Waals surface area contributed by atoms with Gasteiger partial charge in [-0.05, 0) is 29.8 Å². The fourth-order valence-electron chi connectivity index (χ4n) is 2.70. The van der Waals surface area contributed by atoms with Crippen LogP contribution in [0.5, 0.6) is 17.2 Å². The molecule has 2 N–H and O–H groups in total. The lowest BCUT2D eigenvalue weighted by atomic mass is 10.2. The van der Waals surface area contributed by atoms with Crippen molar-refractivity contribution in [2.45, 2.75) is 12.7 Å². The number of nitrogens with zero attached hydrogens (tertiary/aromatic N) is 1. The maximum atomic E-state index is 12.6. The first-order valence-electron chi connectivity index (χ1n) is 8.34. The van der Waals surface area contributed by atoms with Crippen LogP contribution in [0, 0.1) is 0 Å². The summed E-state index contributed by atoms with van der Waals surface area (Å²) in [5, 5.41) is 5.38. The molecule has 1 atom stereocenters. The maximum absolute atomic E-state index is 12.6. The number of rotatable bonds is 6. The van der Waals surface area contributed by atoms with Crippen LogP contribution in [-0.4, -0.2) is 43.6 Å². The number of carbonyl (C=O) groups is 2. The summed E-state index contributed by atoms with van der Waals surface area (Å²) in [6.07, 6.45) is 0. The minimum atomic E-state index is -0.611. The number of alkyl halides is 1. The highest BCUT2D eigenvalue weighted by Crippen LogP contribution is 2.32. The predicted octanol–water partition coefficient (Wildman–Crippen LogP) is 2.92. The van der Waals surface area contributed by atoms with Crippen LogP contribution in [0.2, 0.25) is 0 Å². The fourth-order valence-corrected chi connectivity index (χ4v) is 2.70. The zero-order valence-electron chi connectivity index (χ0n) is 15.0. The molecule has 2 aromatic carbocycles. The third kappa shape index (κ3) is 4.11. The summed E-state index contributed by atoms with van der Waals surface area (Å²) in [4.78, 5) is 25.4. The van der Waals surface area contributed by atoms with Crippen molar-refractivity contribution in [2.24, 2.45) is 0 Å². The fraction of sp³-hybridized carbons (Fsp3) is 0.263. The number of amides is 3. The molecular formula is C19H20FN3O4. The Hall–Kier alpha value is -3.29. The Balaban J connectivity index is 1.76. The highest BCUT2D eigenvalue weighted by Gasteiger charge is 2.33. The van der Waals surface area contributed by atoms with Gasteiger partial charge in [-0.25, -0.2) is 9.18 Å². The summed E-state index contributed by atoms with van der Waals surface area (Å²) in [5.41, 5.74) is 0.988. The van der Waals surface area contributed by atoms with Gasteiger partial charge < -0.3 is 25.0 Å². The largest absolute Gasteiger partial charge is 0.495 e. The highest BCUT2D eigenvalue weighted by molar-refractivity contribution is 5.99. The molecule has 2 aromatic rings. The van der Waals surface area contributed by atoms with Gasteiger partial charge in [0.2, 0.25) is 5.91 Å². The molecule has 142 valence electrons. The summed E-state index contributed by atoms with van der Waals surface area (Å²) in [6, 6.07) is 10.7. The zero-order valence-corrected chi connectivity index (χ0v) is 15.0. The monoisotopic (exact) mass is 373 g/mol. The first-order chi connectivity index (χ1) is 13.0. The van der Waals surface area contributed by atoms with Crippen molar-refractivity contribution in [3.05, 3.63) is 48.0 Å². The first-order valence-corrected chi connectivity index (χ1v) is 8.34. The van der Waals surface area contributed by atoms with Crippen molar-refractivity contribution in [2.75, 3.05) is 26.0 Å². The molecule has 1 heterocycles. The lowest BCUT2D eigenvalue weighted by molar-refractivity contribution is -0.119. The van der Waals surface area contributed by atoms with E-state index in [2.05, 4.69) is 10.6 Å². The molecule has 0 radical (unpaired) electrons. The van der Waals surface area contributed by atoms with Crippen LogP contribution >= 0.6 is 0 Å². The Morgan fingerprint density at radius 2 is 1.96 bits per heavy atom. The number of carbonyl (C=O) groups excluding carboxylic acids is 2. The average molecular weight is 373 g/mol. The molecule has 1 aliphatic rings. The number of hydrogen-bond acceptors (Lipinski definition) is 4. The lowest BCUT2D eigenvalue weighted by Crippen LogP contribution is -2.40. The normalized spacial score (nSPS) is 16.0. The third-order valence-corrected chi connectivity index (χ3v) is 4.28. The zero-order chi connectivity index (χ0) is 19.4.